The lowest BCUT2D eigenvalue weighted by molar-refractivity contribution is 0.156. The molecule has 1 aliphatic heterocycles. The van der Waals surface area contributed by atoms with Gasteiger partial charge in [0.2, 0.25) is 0 Å². The zero-order valence-electron chi connectivity index (χ0n) is 8.97. The Balaban J connectivity index is 2.09. The number of unbranched alkanes of at least 4 members (excludes halogenated alkanes) is 2. The molecule has 13 heavy (non-hydrogen) atoms. The summed E-state index contributed by atoms with van der Waals surface area (Å²) in [5.74, 6) is 0. The number of hydrogen-bond donors (Lipinski definition) is 1. The molecule has 0 aliphatic carbocycles. The van der Waals surface area contributed by atoms with E-state index in [0.717, 1.165) is 0 Å². The molecular formula is C11H24N2. The van der Waals surface area contributed by atoms with E-state index in [9.17, 15) is 0 Å². The van der Waals surface area contributed by atoms with Gasteiger partial charge in [-0.25, -0.2) is 0 Å². The van der Waals surface area contributed by atoms with Gasteiger partial charge in [0, 0.05) is 0 Å². The molecule has 1 heterocycles. The predicted molar refractivity (Wildman–Crippen MR) is 57.5 cm³/mol. The quantitative estimate of drug-likeness (QED) is 0.664. The molecule has 0 bridgehead atoms. The van der Waals surface area contributed by atoms with E-state index in [2.05, 4.69) is 11.8 Å². The highest BCUT2D eigenvalue weighted by molar-refractivity contribution is 4.70. The van der Waals surface area contributed by atoms with E-state index in [1.807, 2.05) is 0 Å². The van der Waals surface area contributed by atoms with Crippen molar-refractivity contribution < 1.29 is 0 Å². The fraction of sp³-hybridized carbons (Fsp3) is 1.00. The number of hydrogen-bond acceptors (Lipinski definition) is 2. The normalized spacial score (nSPS) is 21.7. The molecule has 0 aromatic carbocycles. The van der Waals surface area contributed by atoms with Gasteiger partial charge in [-0.1, -0.05) is 32.6 Å². The van der Waals surface area contributed by atoms with Crippen molar-refractivity contribution in [2.45, 2.75) is 58.0 Å². The molecule has 0 spiro atoms. The second-order valence-electron chi connectivity index (χ2n) is 4.16. The number of nitrogens with zero attached hydrogens (tertiary/aromatic N) is 1. The first-order valence-electron chi connectivity index (χ1n) is 5.84. The largest absolute Gasteiger partial charge is 0.316 e. The van der Waals surface area contributed by atoms with E-state index in [0.29, 0.717) is 6.17 Å². The highest BCUT2D eigenvalue weighted by Crippen LogP contribution is 2.13. The summed E-state index contributed by atoms with van der Waals surface area (Å²) in [6, 6.07) is 0. The van der Waals surface area contributed by atoms with E-state index in [1.54, 1.807) is 0 Å². The fourth-order valence-electron chi connectivity index (χ4n) is 2.04. The molecule has 1 rings (SSSR count). The molecule has 1 saturated heterocycles. The summed E-state index contributed by atoms with van der Waals surface area (Å²) in [6.07, 6.45) is 9.56. The van der Waals surface area contributed by atoms with E-state index in [4.69, 9.17) is 5.73 Å². The maximum atomic E-state index is 6.12. The summed E-state index contributed by atoms with van der Waals surface area (Å²) in [5.41, 5.74) is 6.12. The highest BCUT2D eigenvalue weighted by atomic mass is 15.2. The monoisotopic (exact) mass is 184 g/mol. The average molecular weight is 184 g/mol. The van der Waals surface area contributed by atoms with Crippen LogP contribution < -0.4 is 5.73 Å². The molecule has 0 aromatic rings. The Morgan fingerprint density at radius 3 is 2.46 bits per heavy atom. The van der Waals surface area contributed by atoms with E-state index >= 15 is 0 Å². The van der Waals surface area contributed by atoms with Gasteiger partial charge in [-0.2, -0.15) is 0 Å². The van der Waals surface area contributed by atoms with Crippen molar-refractivity contribution in [1.29, 1.82) is 0 Å². The average Bonchev–Trinajstić information content (AvgIpc) is 2.19. The third-order valence-electron chi connectivity index (χ3n) is 2.96. The first-order valence-corrected chi connectivity index (χ1v) is 5.84. The van der Waals surface area contributed by atoms with Gasteiger partial charge in [0.1, 0.15) is 0 Å². The third kappa shape index (κ3) is 4.10. The number of nitrogens with two attached hydrogens (primary N) is 1. The van der Waals surface area contributed by atoms with Crippen LogP contribution in [0.15, 0.2) is 0 Å². The molecule has 1 unspecified atom stereocenters. The van der Waals surface area contributed by atoms with Crippen LogP contribution in [-0.4, -0.2) is 24.2 Å². The minimum atomic E-state index is 0.340. The lowest BCUT2D eigenvalue weighted by atomic mass is 10.1. The summed E-state index contributed by atoms with van der Waals surface area (Å²) >= 11 is 0. The van der Waals surface area contributed by atoms with E-state index in [-0.39, 0.29) is 0 Å². The summed E-state index contributed by atoms with van der Waals surface area (Å²) in [5, 5.41) is 0. The van der Waals surface area contributed by atoms with Crippen molar-refractivity contribution in [2.75, 3.05) is 13.1 Å². The lowest BCUT2D eigenvalue weighted by Crippen LogP contribution is -2.44. The maximum absolute atomic E-state index is 6.12. The fourth-order valence-corrected chi connectivity index (χ4v) is 2.04. The Morgan fingerprint density at radius 1 is 1.15 bits per heavy atom. The first kappa shape index (κ1) is 11.0. The van der Waals surface area contributed by atoms with Gasteiger partial charge in [-0.05, 0) is 32.4 Å². The van der Waals surface area contributed by atoms with Crippen LogP contribution in [0.5, 0.6) is 0 Å². The molecule has 78 valence electrons. The number of rotatable bonds is 5. The van der Waals surface area contributed by atoms with Crippen LogP contribution in [0.25, 0.3) is 0 Å². The molecule has 0 aromatic heterocycles. The van der Waals surface area contributed by atoms with Crippen LogP contribution in [0.3, 0.4) is 0 Å². The molecule has 1 aliphatic rings. The van der Waals surface area contributed by atoms with Gasteiger partial charge >= 0.3 is 0 Å². The summed E-state index contributed by atoms with van der Waals surface area (Å²) in [7, 11) is 0. The molecule has 1 fully saturated rings. The first-order chi connectivity index (χ1) is 6.34. The minimum absolute atomic E-state index is 0.340. The Bertz CT molecular complexity index is 119. The van der Waals surface area contributed by atoms with Crippen molar-refractivity contribution >= 4 is 0 Å². The van der Waals surface area contributed by atoms with Crippen LogP contribution in [0, 0.1) is 0 Å². The van der Waals surface area contributed by atoms with Gasteiger partial charge in [0.05, 0.1) is 6.17 Å². The maximum Gasteiger partial charge on any atom is 0.0571 e. The zero-order chi connectivity index (χ0) is 9.52. The van der Waals surface area contributed by atoms with Crippen LogP contribution in [0.4, 0.5) is 0 Å². The summed E-state index contributed by atoms with van der Waals surface area (Å²) in [4.78, 5) is 2.46. The minimum Gasteiger partial charge on any atom is -0.316 e. The molecule has 0 radical (unpaired) electrons. The van der Waals surface area contributed by atoms with Crippen molar-refractivity contribution in [3.63, 3.8) is 0 Å². The van der Waals surface area contributed by atoms with Crippen molar-refractivity contribution in [1.82, 2.24) is 4.90 Å². The van der Waals surface area contributed by atoms with Gasteiger partial charge < -0.3 is 5.73 Å². The van der Waals surface area contributed by atoms with Crippen LogP contribution in [0.1, 0.15) is 51.9 Å². The topological polar surface area (TPSA) is 29.3 Å². The van der Waals surface area contributed by atoms with Crippen LogP contribution in [-0.2, 0) is 0 Å². The van der Waals surface area contributed by atoms with Crippen molar-refractivity contribution in [2.24, 2.45) is 5.73 Å². The number of piperidine rings is 1. The Morgan fingerprint density at radius 2 is 1.85 bits per heavy atom. The highest BCUT2D eigenvalue weighted by Gasteiger charge is 2.15. The van der Waals surface area contributed by atoms with Gasteiger partial charge in [0.15, 0.2) is 0 Å². The predicted octanol–water partition coefficient (Wildman–Crippen LogP) is 2.34. The van der Waals surface area contributed by atoms with Gasteiger partial charge in [-0.15, -0.1) is 0 Å². The smallest absolute Gasteiger partial charge is 0.0571 e. The lowest BCUT2D eigenvalue weighted by Gasteiger charge is -2.32. The van der Waals surface area contributed by atoms with Crippen molar-refractivity contribution in [3.8, 4) is 0 Å². The molecule has 2 heteroatoms. The summed E-state index contributed by atoms with van der Waals surface area (Å²) < 4.78 is 0. The second-order valence-corrected chi connectivity index (χ2v) is 4.16. The Labute approximate surface area is 82.5 Å². The van der Waals surface area contributed by atoms with Gasteiger partial charge in [0.25, 0.3) is 0 Å². The third-order valence-corrected chi connectivity index (χ3v) is 2.96. The molecule has 2 N–H and O–H groups in total. The number of likely N-dealkylation sites (tertiary alicyclic amines) is 1. The molecule has 2 nitrogen and oxygen atoms in total. The van der Waals surface area contributed by atoms with Gasteiger partial charge in [-0.3, -0.25) is 4.90 Å². The van der Waals surface area contributed by atoms with Crippen LogP contribution in [0.2, 0.25) is 0 Å². The Kier molecular flexibility index (Phi) is 5.40. The second kappa shape index (κ2) is 6.39. The van der Waals surface area contributed by atoms with Crippen molar-refractivity contribution in [3.05, 3.63) is 0 Å². The summed E-state index contributed by atoms with van der Waals surface area (Å²) in [6.45, 7) is 4.70. The van der Waals surface area contributed by atoms with E-state index in [1.165, 1.54) is 58.0 Å². The van der Waals surface area contributed by atoms with Crippen LogP contribution >= 0.6 is 0 Å². The molecule has 0 saturated carbocycles. The standard InChI is InChI=1S/C11H24N2/c1-2-3-5-8-11(12)13-9-6-4-7-10-13/h11H,2-10,12H2,1H3. The molecule has 1 atom stereocenters. The zero-order valence-corrected chi connectivity index (χ0v) is 8.97. The SMILES string of the molecule is CCCCCC(N)N1CCCCC1. The molecule has 0 amide bonds. The van der Waals surface area contributed by atoms with E-state index < -0.39 is 0 Å². The Hall–Kier alpha value is -0.0800. The molecular weight excluding hydrogens is 160 g/mol.